The maximum absolute atomic E-state index is 13.4. The molecule has 0 saturated carbocycles. The monoisotopic (exact) mass is 456 g/mol. The molecule has 8 heteroatoms. The lowest BCUT2D eigenvalue weighted by atomic mass is 10.0. The number of carbonyl (C=O) groups excluding carboxylic acids is 1. The van der Waals surface area contributed by atoms with Gasteiger partial charge in [0.25, 0.3) is 5.91 Å². The van der Waals surface area contributed by atoms with Crippen molar-refractivity contribution in [3.05, 3.63) is 95.4 Å². The van der Waals surface area contributed by atoms with Crippen molar-refractivity contribution in [2.24, 2.45) is 0 Å². The van der Waals surface area contributed by atoms with Crippen LogP contribution in [0.25, 0.3) is 0 Å². The number of aliphatic hydroxyl groups excluding tert-OH is 1. The lowest BCUT2D eigenvalue weighted by molar-refractivity contribution is -0.0138. The molecule has 1 amide bonds. The topological polar surface area (TPSA) is 66.2 Å². The van der Waals surface area contributed by atoms with Crippen LogP contribution in [0.2, 0.25) is 0 Å². The van der Waals surface area contributed by atoms with Crippen LogP contribution in [0.4, 0.5) is 8.78 Å². The molecule has 1 atom stereocenters. The van der Waals surface area contributed by atoms with E-state index >= 15 is 0 Å². The van der Waals surface area contributed by atoms with Gasteiger partial charge in [-0.2, -0.15) is 0 Å². The molecular formula is C25H26F2N2O4. The van der Waals surface area contributed by atoms with E-state index in [0.29, 0.717) is 49.6 Å². The Morgan fingerprint density at radius 3 is 2.03 bits per heavy atom. The van der Waals surface area contributed by atoms with E-state index in [-0.39, 0.29) is 24.1 Å². The lowest BCUT2D eigenvalue weighted by Crippen LogP contribution is -2.50. The summed E-state index contributed by atoms with van der Waals surface area (Å²) in [5.74, 6) is -0.530. The van der Waals surface area contributed by atoms with Crippen molar-refractivity contribution < 1.29 is 27.8 Å². The van der Waals surface area contributed by atoms with Crippen molar-refractivity contribution in [3.8, 4) is 0 Å². The fraction of sp³-hybridized carbons (Fsp3) is 0.320. The number of furan rings is 1. The van der Waals surface area contributed by atoms with E-state index in [1.165, 1.54) is 30.5 Å². The van der Waals surface area contributed by atoms with Crippen LogP contribution >= 0.6 is 0 Å². The van der Waals surface area contributed by atoms with Gasteiger partial charge in [-0.3, -0.25) is 9.69 Å². The Labute approximate surface area is 191 Å². The summed E-state index contributed by atoms with van der Waals surface area (Å²) in [7, 11) is 0. The molecule has 0 unspecified atom stereocenters. The molecule has 1 aromatic heterocycles. The molecule has 174 valence electrons. The average Bonchev–Trinajstić information content (AvgIpc) is 3.36. The largest absolute Gasteiger partial charge is 0.459 e. The molecule has 0 spiro atoms. The molecule has 3 aromatic rings. The third-order valence-corrected chi connectivity index (χ3v) is 5.66. The van der Waals surface area contributed by atoms with E-state index in [0.717, 1.165) is 0 Å². The van der Waals surface area contributed by atoms with E-state index in [1.54, 1.807) is 41.3 Å². The molecule has 0 aliphatic carbocycles. The number of ether oxygens (including phenoxy) is 1. The zero-order chi connectivity index (χ0) is 23.2. The minimum Gasteiger partial charge on any atom is -0.459 e. The summed E-state index contributed by atoms with van der Waals surface area (Å²) in [5, 5.41) is 10.6. The summed E-state index contributed by atoms with van der Waals surface area (Å²) in [5.41, 5.74) is 1.42. The number of benzene rings is 2. The third kappa shape index (κ3) is 6.04. The normalized spacial score (nSPS) is 15.7. The fourth-order valence-electron chi connectivity index (χ4n) is 3.91. The highest BCUT2D eigenvalue weighted by Crippen LogP contribution is 2.27. The number of β-amino-alcohol motifs (C(OH)–C–C–N with tert-alkyl or cyclic N) is 1. The number of amides is 1. The first-order valence-electron chi connectivity index (χ1n) is 10.9. The zero-order valence-electron chi connectivity index (χ0n) is 18.1. The van der Waals surface area contributed by atoms with Gasteiger partial charge in [0.1, 0.15) is 17.7 Å². The Hall–Kier alpha value is -3.07. The number of rotatable bonds is 8. The van der Waals surface area contributed by atoms with Crippen molar-refractivity contribution in [1.29, 1.82) is 0 Å². The van der Waals surface area contributed by atoms with Crippen LogP contribution in [0, 0.1) is 11.6 Å². The SMILES string of the molecule is O=C(c1ccco1)N1CCN(C[C@H](O)COC(c2ccc(F)cc2)c2ccc(F)cc2)CC1. The predicted octanol–water partition coefficient (Wildman–Crippen LogP) is 3.48. The predicted molar refractivity (Wildman–Crippen MR) is 118 cm³/mol. The molecule has 1 N–H and O–H groups in total. The molecule has 4 rings (SSSR count). The molecule has 1 saturated heterocycles. The van der Waals surface area contributed by atoms with E-state index in [4.69, 9.17) is 9.15 Å². The Bertz CT molecular complexity index is 972. The minimum atomic E-state index is -0.763. The standard InChI is InChI=1S/C25H26F2N2O4/c26-20-7-3-18(4-8-20)24(19-5-9-21(27)10-6-19)33-17-22(30)16-28-11-13-29(14-12-28)25(31)23-2-1-15-32-23/h1-10,15,22,24,30H,11-14,16-17H2/t22-/m0/s1. The Balaban J connectivity index is 1.31. The number of piperazine rings is 1. The van der Waals surface area contributed by atoms with Crippen molar-refractivity contribution in [2.45, 2.75) is 12.2 Å². The highest BCUT2D eigenvalue weighted by atomic mass is 19.1. The van der Waals surface area contributed by atoms with Crippen LogP contribution < -0.4 is 0 Å². The van der Waals surface area contributed by atoms with Crippen molar-refractivity contribution in [1.82, 2.24) is 9.80 Å². The molecule has 2 aromatic carbocycles. The second-order valence-electron chi connectivity index (χ2n) is 8.04. The second kappa shape index (κ2) is 10.7. The van der Waals surface area contributed by atoms with Gasteiger partial charge < -0.3 is 19.2 Å². The molecule has 0 bridgehead atoms. The third-order valence-electron chi connectivity index (χ3n) is 5.66. The first kappa shape index (κ1) is 23.1. The summed E-state index contributed by atoms with van der Waals surface area (Å²) in [6.07, 6.45) is 0.148. The molecule has 1 fully saturated rings. The van der Waals surface area contributed by atoms with Crippen LogP contribution in [0.15, 0.2) is 71.3 Å². The molecule has 2 heterocycles. The van der Waals surface area contributed by atoms with E-state index in [9.17, 15) is 18.7 Å². The molecule has 1 aliphatic rings. The number of aliphatic hydroxyl groups is 1. The summed E-state index contributed by atoms with van der Waals surface area (Å²) < 4.78 is 37.9. The molecule has 1 aliphatic heterocycles. The van der Waals surface area contributed by atoms with E-state index in [1.807, 2.05) is 0 Å². The summed E-state index contributed by atoms with van der Waals surface area (Å²) in [4.78, 5) is 16.2. The number of hydrogen-bond acceptors (Lipinski definition) is 5. The maximum Gasteiger partial charge on any atom is 0.289 e. The van der Waals surface area contributed by atoms with Gasteiger partial charge in [-0.1, -0.05) is 24.3 Å². The van der Waals surface area contributed by atoms with Gasteiger partial charge in [-0.05, 0) is 47.5 Å². The van der Waals surface area contributed by atoms with Gasteiger partial charge >= 0.3 is 0 Å². The summed E-state index contributed by atoms with van der Waals surface area (Å²) >= 11 is 0. The second-order valence-corrected chi connectivity index (χ2v) is 8.04. The first-order chi connectivity index (χ1) is 16.0. The highest BCUT2D eigenvalue weighted by Gasteiger charge is 2.25. The number of carbonyl (C=O) groups is 1. The fourth-order valence-corrected chi connectivity index (χ4v) is 3.91. The Morgan fingerprint density at radius 1 is 0.939 bits per heavy atom. The Morgan fingerprint density at radius 2 is 1.52 bits per heavy atom. The van der Waals surface area contributed by atoms with Crippen LogP contribution in [0.5, 0.6) is 0 Å². The molecule has 0 radical (unpaired) electrons. The molecular weight excluding hydrogens is 430 g/mol. The molecule has 6 nitrogen and oxygen atoms in total. The number of hydrogen-bond donors (Lipinski definition) is 1. The van der Waals surface area contributed by atoms with Gasteiger partial charge in [0.2, 0.25) is 0 Å². The maximum atomic E-state index is 13.4. The van der Waals surface area contributed by atoms with Crippen molar-refractivity contribution in [2.75, 3.05) is 39.3 Å². The van der Waals surface area contributed by atoms with Gasteiger partial charge in [-0.15, -0.1) is 0 Å². The smallest absolute Gasteiger partial charge is 0.289 e. The van der Waals surface area contributed by atoms with Crippen molar-refractivity contribution in [3.63, 3.8) is 0 Å². The highest BCUT2D eigenvalue weighted by molar-refractivity contribution is 5.91. The van der Waals surface area contributed by atoms with Crippen LogP contribution in [-0.4, -0.2) is 66.2 Å². The lowest BCUT2D eigenvalue weighted by Gasteiger charge is -2.35. The van der Waals surface area contributed by atoms with E-state index in [2.05, 4.69) is 4.90 Å². The quantitative estimate of drug-likeness (QED) is 0.562. The zero-order valence-corrected chi connectivity index (χ0v) is 18.1. The number of halogens is 2. The Kier molecular flexibility index (Phi) is 7.49. The van der Waals surface area contributed by atoms with Gasteiger partial charge in [0.15, 0.2) is 5.76 Å². The first-order valence-corrected chi connectivity index (χ1v) is 10.9. The summed E-state index contributed by atoms with van der Waals surface area (Å²) in [6, 6.07) is 15.2. The van der Waals surface area contributed by atoms with Crippen LogP contribution in [0.1, 0.15) is 27.8 Å². The van der Waals surface area contributed by atoms with Gasteiger partial charge in [0, 0.05) is 32.7 Å². The summed E-state index contributed by atoms with van der Waals surface area (Å²) in [6.45, 7) is 2.78. The minimum absolute atomic E-state index is 0.0466. The van der Waals surface area contributed by atoms with Crippen molar-refractivity contribution >= 4 is 5.91 Å². The number of nitrogens with zero attached hydrogens (tertiary/aromatic N) is 2. The van der Waals surface area contributed by atoms with Gasteiger partial charge in [0.05, 0.1) is 19.0 Å². The molecule has 33 heavy (non-hydrogen) atoms. The van der Waals surface area contributed by atoms with Crippen LogP contribution in [-0.2, 0) is 4.74 Å². The van der Waals surface area contributed by atoms with Gasteiger partial charge in [-0.25, -0.2) is 8.78 Å². The van der Waals surface area contributed by atoms with E-state index < -0.39 is 12.2 Å². The van der Waals surface area contributed by atoms with Crippen LogP contribution in [0.3, 0.4) is 0 Å². The average molecular weight is 456 g/mol.